The topological polar surface area (TPSA) is 38.3 Å². The van der Waals surface area contributed by atoms with Gasteiger partial charge in [-0.25, -0.2) is 0 Å². The van der Waals surface area contributed by atoms with Crippen molar-refractivity contribution in [1.82, 2.24) is 5.32 Å². The van der Waals surface area contributed by atoms with Gasteiger partial charge in [-0.05, 0) is 43.5 Å². The van der Waals surface area contributed by atoms with Crippen molar-refractivity contribution in [3.63, 3.8) is 0 Å². The normalized spacial score (nSPS) is 11.7. The fraction of sp³-hybridized carbons (Fsp3) is 0.278. The van der Waals surface area contributed by atoms with Gasteiger partial charge >= 0.3 is 0 Å². The fourth-order valence-electron chi connectivity index (χ4n) is 2.06. The molecule has 0 aliphatic carbocycles. The third kappa shape index (κ3) is 4.95. The first-order chi connectivity index (χ1) is 10.1. The maximum absolute atomic E-state index is 12.0. The number of hydrogen-bond donors (Lipinski definition) is 1. The minimum Gasteiger partial charge on any atom is -0.481 e. The first-order valence-electron chi connectivity index (χ1n) is 7.20. The van der Waals surface area contributed by atoms with Gasteiger partial charge in [-0.2, -0.15) is 0 Å². The maximum Gasteiger partial charge on any atom is 0.260 e. The highest BCUT2D eigenvalue weighted by atomic mass is 16.5. The van der Waals surface area contributed by atoms with E-state index < -0.39 is 6.10 Å². The van der Waals surface area contributed by atoms with Gasteiger partial charge in [0.15, 0.2) is 6.10 Å². The van der Waals surface area contributed by atoms with Crippen LogP contribution in [0.4, 0.5) is 0 Å². The van der Waals surface area contributed by atoms with Gasteiger partial charge in [-0.1, -0.05) is 42.5 Å². The molecule has 0 unspecified atom stereocenters. The highest BCUT2D eigenvalue weighted by Gasteiger charge is 2.13. The minimum absolute atomic E-state index is 0.0903. The molecule has 0 bridgehead atoms. The highest BCUT2D eigenvalue weighted by Crippen LogP contribution is 2.14. The molecule has 1 atom stereocenters. The lowest BCUT2D eigenvalue weighted by Crippen LogP contribution is -2.37. The average molecular weight is 283 g/mol. The van der Waals surface area contributed by atoms with Crippen molar-refractivity contribution in [1.29, 1.82) is 0 Å². The van der Waals surface area contributed by atoms with E-state index in [1.54, 1.807) is 6.92 Å². The van der Waals surface area contributed by atoms with E-state index in [1.165, 1.54) is 5.56 Å². The zero-order valence-electron chi connectivity index (χ0n) is 12.5. The number of carbonyl (C=O) groups excluding carboxylic acids is 1. The molecular formula is C18H21NO2. The standard InChI is InChI=1S/C18H21NO2/c1-14-7-6-10-17(13-14)21-15(2)18(20)19-12-11-16-8-4-3-5-9-16/h3-10,13,15H,11-12H2,1-2H3,(H,19,20)/t15-/m1/s1. The summed E-state index contributed by atoms with van der Waals surface area (Å²) in [6.45, 7) is 4.38. The number of amides is 1. The summed E-state index contributed by atoms with van der Waals surface area (Å²) >= 11 is 0. The van der Waals surface area contributed by atoms with Crippen LogP contribution < -0.4 is 10.1 Å². The van der Waals surface area contributed by atoms with Crippen LogP contribution in [-0.2, 0) is 11.2 Å². The Balaban J connectivity index is 1.77. The number of ether oxygens (including phenoxy) is 1. The summed E-state index contributed by atoms with van der Waals surface area (Å²) in [6, 6.07) is 17.8. The van der Waals surface area contributed by atoms with Gasteiger partial charge in [0.2, 0.25) is 0 Å². The Morgan fingerprint density at radius 2 is 1.90 bits per heavy atom. The van der Waals surface area contributed by atoms with E-state index in [9.17, 15) is 4.79 Å². The van der Waals surface area contributed by atoms with E-state index in [0.717, 1.165) is 17.7 Å². The predicted octanol–water partition coefficient (Wildman–Crippen LogP) is 3.12. The van der Waals surface area contributed by atoms with Crippen molar-refractivity contribution in [2.45, 2.75) is 26.4 Å². The minimum atomic E-state index is -0.498. The average Bonchev–Trinajstić information content (AvgIpc) is 2.48. The number of benzene rings is 2. The predicted molar refractivity (Wildman–Crippen MR) is 84.4 cm³/mol. The molecule has 2 aromatic carbocycles. The second-order valence-corrected chi connectivity index (χ2v) is 5.10. The molecule has 2 aromatic rings. The number of hydrogen-bond acceptors (Lipinski definition) is 2. The van der Waals surface area contributed by atoms with Crippen LogP contribution in [0.5, 0.6) is 5.75 Å². The molecule has 0 saturated carbocycles. The van der Waals surface area contributed by atoms with Crippen molar-refractivity contribution in [2.75, 3.05) is 6.54 Å². The van der Waals surface area contributed by atoms with Crippen LogP contribution in [0.15, 0.2) is 54.6 Å². The van der Waals surface area contributed by atoms with Gasteiger partial charge in [0.25, 0.3) is 5.91 Å². The monoisotopic (exact) mass is 283 g/mol. The molecule has 1 N–H and O–H groups in total. The largest absolute Gasteiger partial charge is 0.481 e. The smallest absolute Gasteiger partial charge is 0.260 e. The van der Waals surface area contributed by atoms with Gasteiger partial charge in [0.05, 0.1) is 0 Å². The van der Waals surface area contributed by atoms with Gasteiger partial charge in [0, 0.05) is 6.54 Å². The highest BCUT2D eigenvalue weighted by molar-refractivity contribution is 5.80. The lowest BCUT2D eigenvalue weighted by molar-refractivity contribution is -0.127. The summed E-state index contributed by atoms with van der Waals surface area (Å²) in [5.74, 6) is 0.633. The lowest BCUT2D eigenvalue weighted by Gasteiger charge is -2.15. The zero-order valence-corrected chi connectivity index (χ0v) is 12.5. The molecule has 0 aromatic heterocycles. The number of aryl methyl sites for hydroxylation is 1. The first kappa shape index (κ1) is 15.1. The van der Waals surface area contributed by atoms with Gasteiger partial charge in [-0.3, -0.25) is 4.79 Å². The second-order valence-electron chi connectivity index (χ2n) is 5.10. The summed E-state index contributed by atoms with van der Waals surface area (Å²) in [4.78, 5) is 12.0. The molecule has 0 saturated heterocycles. The van der Waals surface area contributed by atoms with Gasteiger partial charge in [-0.15, -0.1) is 0 Å². The van der Waals surface area contributed by atoms with E-state index in [2.05, 4.69) is 17.4 Å². The summed E-state index contributed by atoms with van der Waals surface area (Å²) in [6.07, 6.45) is 0.326. The Bertz CT molecular complexity index is 581. The van der Waals surface area contributed by atoms with E-state index in [-0.39, 0.29) is 5.91 Å². The Morgan fingerprint density at radius 1 is 1.14 bits per heavy atom. The molecular weight excluding hydrogens is 262 g/mol. The van der Waals surface area contributed by atoms with Crippen molar-refractivity contribution < 1.29 is 9.53 Å². The van der Waals surface area contributed by atoms with Crippen LogP contribution in [0.3, 0.4) is 0 Å². The molecule has 0 heterocycles. The Kier molecular flexibility index (Phi) is 5.38. The summed E-state index contributed by atoms with van der Waals surface area (Å²) < 4.78 is 5.65. The van der Waals surface area contributed by atoms with Crippen LogP contribution in [0, 0.1) is 6.92 Å². The van der Waals surface area contributed by atoms with Crippen molar-refractivity contribution in [3.8, 4) is 5.75 Å². The second kappa shape index (κ2) is 7.48. The summed E-state index contributed by atoms with van der Waals surface area (Å²) in [5, 5.41) is 2.90. The number of carbonyl (C=O) groups is 1. The molecule has 1 amide bonds. The fourth-order valence-corrected chi connectivity index (χ4v) is 2.06. The Morgan fingerprint density at radius 3 is 2.62 bits per heavy atom. The molecule has 0 radical (unpaired) electrons. The molecule has 21 heavy (non-hydrogen) atoms. The van der Waals surface area contributed by atoms with E-state index in [4.69, 9.17) is 4.74 Å². The molecule has 0 spiro atoms. The van der Waals surface area contributed by atoms with Crippen molar-refractivity contribution in [2.24, 2.45) is 0 Å². The van der Waals surface area contributed by atoms with Crippen LogP contribution in [0.2, 0.25) is 0 Å². The molecule has 3 heteroatoms. The molecule has 0 aliphatic rings. The SMILES string of the molecule is Cc1cccc(O[C@H](C)C(=O)NCCc2ccccc2)c1. The van der Waals surface area contributed by atoms with Crippen LogP contribution >= 0.6 is 0 Å². The quantitative estimate of drug-likeness (QED) is 0.884. The van der Waals surface area contributed by atoms with E-state index in [0.29, 0.717) is 6.54 Å². The number of rotatable bonds is 6. The van der Waals surface area contributed by atoms with E-state index >= 15 is 0 Å². The Hall–Kier alpha value is -2.29. The third-order valence-corrected chi connectivity index (χ3v) is 3.23. The molecule has 110 valence electrons. The van der Waals surface area contributed by atoms with Crippen molar-refractivity contribution >= 4 is 5.91 Å². The molecule has 2 rings (SSSR count). The van der Waals surface area contributed by atoms with Crippen LogP contribution in [-0.4, -0.2) is 18.6 Å². The molecule has 3 nitrogen and oxygen atoms in total. The molecule has 0 aliphatic heterocycles. The summed E-state index contributed by atoms with van der Waals surface area (Å²) in [7, 11) is 0. The van der Waals surface area contributed by atoms with Crippen LogP contribution in [0.25, 0.3) is 0 Å². The molecule has 0 fully saturated rings. The zero-order chi connectivity index (χ0) is 15.1. The first-order valence-corrected chi connectivity index (χ1v) is 7.20. The Labute approximate surface area is 126 Å². The lowest BCUT2D eigenvalue weighted by atomic mass is 10.1. The number of nitrogens with one attached hydrogen (secondary N) is 1. The van der Waals surface area contributed by atoms with Crippen LogP contribution in [0.1, 0.15) is 18.1 Å². The van der Waals surface area contributed by atoms with Crippen molar-refractivity contribution in [3.05, 3.63) is 65.7 Å². The van der Waals surface area contributed by atoms with Gasteiger partial charge in [0.1, 0.15) is 5.75 Å². The maximum atomic E-state index is 12.0. The van der Waals surface area contributed by atoms with E-state index in [1.807, 2.05) is 49.4 Å². The third-order valence-electron chi connectivity index (χ3n) is 3.23. The summed E-state index contributed by atoms with van der Waals surface area (Å²) in [5.41, 5.74) is 2.33. The van der Waals surface area contributed by atoms with Gasteiger partial charge < -0.3 is 10.1 Å².